The zero-order chi connectivity index (χ0) is 7.33. The van der Waals surface area contributed by atoms with E-state index in [1.807, 2.05) is 25.6 Å². The van der Waals surface area contributed by atoms with Crippen molar-refractivity contribution in [3.63, 3.8) is 0 Å². The maximum Gasteiger partial charge on any atom is 0.0129 e. The van der Waals surface area contributed by atoms with Crippen molar-refractivity contribution in [2.75, 3.05) is 6.26 Å². The van der Waals surface area contributed by atoms with Crippen molar-refractivity contribution in [2.24, 2.45) is 0 Å². The van der Waals surface area contributed by atoms with Crippen LogP contribution in [0.15, 0.2) is 0 Å². The lowest BCUT2D eigenvalue weighted by molar-refractivity contribution is 0.393. The number of rotatable bonds is 1. The fraction of sp³-hybridized carbons (Fsp3) is 1.00. The van der Waals surface area contributed by atoms with E-state index in [1.165, 1.54) is 19.3 Å². The van der Waals surface area contributed by atoms with E-state index in [0.717, 1.165) is 0 Å². The van der Waals surface area contributed by atoms with Gasteiger partial charge in [0, 0.05) is 4.75 Å². The molecule has 1 aliphatic carbocycles. The highest BCUT2D eigenvalue weighted by Gasteiger charge is 2.29. The minimum Gasteiger partial charge on any atom is -0.159 e. The molecule has 0 unspecified atom stereocenters. The molecule has 0 radical (unpaired) electrons. The highest BCUT2D eigenvalue weighted by atomic mass is 32.2. The Morgan fingerprint density at radius 3 is 1.67 bits per heavy atom. The third-order valence-electron chi connectivity index (χ3n) is 1.90. The number of thioether (sulfide) groups is 1. The first kappa shape index (κ1) is 9.35. The SMILES string of the molecule is CC.CSC1(C)CCC1. The number of hydrogen-bond donors (Lipinski definition) is 0. The molecule has 0 aliphatic heterocycles. The second-order valence-corrected chi connectivity index (χ2v) is 3.90. The molecule has 9 heavy (non-hydrogen) atoms. The van der Waals surface area contributed by atoms with E-state index in [1.54, 1.807) is 0 Å². The summed E-state index contributed by atoms with van der Waals surface area (Å²) in [6.45, 7) is 6.35. The summed E-state index contributed by atoms with van der Waals surface area (Å²) in [5.41, 5.74) is 0. The van der Waals surface area contributed by atoms with Gasteiger partial charge in [-0.25, -0.2) is 0 Å². The van der Waals surface area contributed by atoms with Crippen molar-refractivity contribution in [1.82, 2.24) is 0 Å². The summed E-state index contributed by atoms with van der Waals surface area (Å²) in [6, 6.07) is 0. The normalized spacial score (nSPS) is 21.3. The molecule has 0 aromatic carbocycles. The van der Waals surface area contributed by atoms with Crippen molar-refractivity contribution >= 4 is 11.8 Å². The first-order valence-corrected chi connectivity index (χ1v) is 5.04. The van der Waals surface area contributed by atoms with Gasteiger partial charge in [0.25, 0.3) is 0 Å². The molecule has 0 N–H and O–H groups in total. The van der Waals surface area contributed by atoms with Crippen LogP contribution in [-0.2, 0) is 0 Å². The Morgan fingerprint density at radius 1 is 1.22 bits per heavy atom. The van der Waals surface area contributed by atoms with E-state index < -0.39 is 0 Å². The van der Waals surface area contributed by atoms with Crippen LogP contribution in [0.25, 0.3) is 0 Å². The largest absolute Gasteiger partial charge is 0.159 e. The van der Waals surface area contributed by atoms with Gasteiger partial charge >= 0.3 is 0 Å². The maximum absolute atomic E-state index is 2.35. The van der Waals surface area contributed by atoms with Gasteiger partial charge in [-0.05, 0) is 19.1 Å². The van der Waals surface area contributed by atoms with Crippen molar-refractivity contribution in [2.45, 2.75) is 44.8 Å². The molecule has 0 nitrogen and oxygen atoms in total. The molecule has 0 amide bonds. The van der Waals surface area contributed by atoms with E-state index in [-0.39, 0.29) is 0 Å². The van der Waals surface area contributed by atoms with Crippen LogP contribution >= 0.6 is 11.8 Å². The van der Waals surface area contributed by atoms with Crippen LogP contribution < -0.4 is 0 Å². The Hall–Kier alpha value is 0.350. The van der Waals surface area contributed by atoms with Gasteiger partial charge in [0.1, 0.15) is 0 Å². The van der Waals surface area contributed by atoms with Crippen molar-refractivity contribution < 1.29 is 0 Å². The predicted octanol–water partition coefficient (Wildman–Crippen LogP) is 3.32. The van der Waals surface area contributed by atoms with Gasteiger partial charge in [-0.1, -0.05) is 27.2 Å². The molecule has 1 saturated carbocycles. The molecule has 1 heteroatoms. The zero-order valence-electron chi connectivity index (χ0n) is 7.03. The molecular weight excluding hydrogens is 128 g/mol. The lowest BCUT2D eigenvalue weighted by Crippen LogP contribution is -2.28. The van der Waals surface area contributed by atoms with Gasteiger partial charge in [-0.2, -0.15) is 11.8 Å². The van der Waals surface area contributed by atoms with Gasteiger partial charge in [0.2, 0.25) is 0 Å². The van der Waals surface area contributed by atoms with Crippen LogP contribution in [0.5, 0.6) is 0 Å². The quantitative estimate of drug-likeness (QED) is 0.547. The molecule has 0 bridgehead atoms. The third-order valence-corrected chi connectivity index (χ3v) is 3.30. The molecule has 56 valence electrons. The van der Waals surface area contributed by atoms with E-state index in [4.69, 9.17) is 0 Å². The average Bonchev–Trinajstić information content (AvgIpc) is 1.88. The first-order chi connectivity index (χ1) is 4.27. The molecule has 0 heterocycles. The molecule has 0 saturated heterocycles. The second-order valence-electron chi connectivity index (χ2n) is 2.51. The fourth-order valence-corrected chi connectivity index (χ4v) is 1.58. The standard InChI is InChI=1S/C6H12S.C2H6/c1-6(7-2)4-3-5-6;1-2/h3-5H2,1-2H3;1-2H3. The van der Waals surface area contributed by atoms with E-state index in [2.05, 4.69) is 13.2 Å². The number of hydrogen-bond acceptors (Lipinski definition) is 1. The molecule has 0 atom stereocenters. The molecule has 1 fully saturated rings. The van der Waals surface area contributed by atoms with Crippen LogP contribution in [-0.4, -0.2) is 11.0 Å². The Balaban J connectivity index is 0.000000291. The molecule has 1 rings (SSSR count). The lowest BCUT2D eigenvalue weighted by Gasteiger charge is -2.36. The van der Waals surface area contributed by atoms with Gasteiger partial charge in [-0.3, -0.25) is 0 Å². The molecular formula is C8H18S. The van der Waals surface area contributed by atoms with E-state index in [0.29, 0.717) is 4.75 Å². The Morgan fingerprint density at radius 2 is 1.67 bits per heavy atom. The van der Waals surface area contributed by atoms with Crippen LogP contribution in [0, 0.1) is 0 Å². The average molecular weight is 146 g/mol. The van der Waals surface area contributed by atoms with Gasteiger partial charge in [0.05, 0.1) is 0 Å². The highest BCUT2D eigenvalue weighted by Crippen LogP contribution is 2.41. The summed E-state index contributed by atoms with van der Waals surface area (Å²) in [5.74, 6) is 0. The summed E-state index contributed by atoms with van der Waals surface area (Å²) in [5, 5.41) is 0. The van der Waals surface area contributed by atoms with Crippen LogP contribution in [0.2, 0.25) is 0 Å². The predicted molar refractivity (Wildman–Crippen MR) is 47.1 cm³/mol. The summed E-state index contributed by atoms with van der Waals surface area (Å²) >= 11 is 2.01. The van der Waals surface area contributed by atoms with Gasteiger partial charge in [-0.15, -0.1) is 0 Å². The lowest BCUT2D eigenvalue weighted by atomic mass is 9.86. The summed E-state index contributed by atoms with van der Waals surface area (Å²) in [7, 11) is 0. The van der Waals surface area contributed by atoms with Crippen molar-refractivity contribution in [3.05, 3.63) is 0 Å². The minimum atomic E-state index is 0.681. The Bertz CT molecular complexity index is 59.5. The van der Waals surface area contributed by atoms with Crippen LogP contribution in [0.1, 0.15) is 40.0 Å². The van der Waals surface area contributed by atoms with Crippen molar-refractivity contribution in [3.8, 4) is 0 Å². The smallest absolute Gasteiger partial charge is 0.0129 e. The summed E-state index contributed by atoms with van der Waals surface area (Å²) in [4.78, 5) is 0. The zero-order valence-corrected chi connectivity index (χ0v) is 7.85. The van der Waals surface area contributed by atoms with E-state index >= 15 is 0 Å². The van der Waals surface area contributed by atoms with Gasteiger partial charge in [0.15, 0.2) is 0 Å². The second kappa shape index (κ2) is 4.21. The van der Waals surface area contributed by atoms with E-state index in [9.17, 15) is 0 Å². The van der Waals surface area contributed by atoms with Crippen LogP contribution in [0.4, 0.5) is 0 Å². The van der Waals surface area contributed by atoms with Crippen LogP contribution in [0.3, 0.4) is 0 Å². The Labute approximate surface area is 63.4 Å². The highest BCUT2D eigenvalue weighted by molar-refractivity contribution is 8.00. The molecule has 0 spiro atoms. The minimum absolute atomic E-state index is 0.681. The fourth-order valence-electron chi connectivity index (χ4n) is 0.879. The molecule has 0 aromatic rings. The summed E-state index contributed by atoms with van der Waals surface area (Å²) in [6.07, 6.45) is 6.54. The van der Waals surface area contributed by atoms with Gasteiger partial charge < -0.3 is 0 Å². The molecule has 0 aromatic heterocycles. The molecule has 1 aliphatic rings. The monoisotopic (exact) mass is 146 g/mol. The topological polar surface area (TPSA) is 0 Å². The van der Waals surface area contributed by atoms with Crippen molar-refractivity contribution in [1.29, 1.82) is 0 Å². The maximum atomic E-state index is 2.35. The Kier molecular flexibility index (Phi) is 4.37. The third kappa shape index (κ3) is 2.61. The summed E-state index contributed by atoms with van der Waals surface area (Å²) < 4.78 is 0.681. The first-order valence-electron chi connectivity index (χ1n) is 3.82.